The van der Waals surface area contributed by atoms with E-state index in [4.69, 9.17) is 4.74 Å². The number of halogens is 3. The second-order valence-electron chi connectivity index (χ2n) is 4.56. The van der Waals surface area contributed by atoms with Gasteiger partial charge in [-0.1, -0.05) is 24.3 Å². The predicted octanol–water partition coefficient (Wildman–Crippen LogP) is 4.35. The molecule has 0 aliphatic heterocycles. The van der Waals surface area contributed by atoms with Gasteiger partial charge in [-0.25, -0.2) is 4.79 Å². The number of carbonyl (C=O) groups is 1. The second-order valence-corrected chi connectivity index (χ2v) is 4.56. The van der Waals surface area contributed by atoms with Crippen molar-refractivity contribution < 1.29 is 27.4 Å². The summed E-state index contributed by atoms with van der Waals surface area (Å²) >= 11 is 0. The lowest BCUT2D eigenvalue weighted by molar-refractivity contribution is -0.274. The molecule has 0 saturated carbocycles. The zero-order valence-corrected chi connectivity index (χ0v) is 11.9. The van der Waals surface area contributed by atoms with Gasteiger partial charge in [0.2, 0.25) is 0 Å². The SMILES string of the molecule is COC(=O)c1cccc(C)c1-c1ccc(OC(F)(F)F)cc1. The lowest BCUT2D eigenvalue weighted by Gasteiger charge is -2.13. The summed E-state index contributed by atoms with van der Waals surface area (Å²) in [5.41, 5.74) is 2.39. The summed E-state index contributed by atoms with van der Waals surface area (Å²) in [6.07, 6.45) is -4.73. The highest BCUT2D eigenvalue weighted by atomic mass is 19.4. The Hall–Kier alpha value is -2.50. The fraction of sp³-hybridized carbons (Fsp3) is 0.188. The summed E-state index contributed by atoms with van der Waals surface area (Å²) in [6, 6.07) is 10.5. The number of hydrogen-bond donors (Lipinski definition) is 0. The molecule has 0 aliphatic rings. The highest BCUT2D eigenvalue weighted by molar-refractivity contribution is 5.98. The van der Waals surface area contributed by atoms with Crippen molar-refractivity contribution in [2.75, 3.05) is 7.11 Å². The summed E-state index contributed by atoms with van der Waals surface area (Å²) in [5.74, 6) is -0.821. The van der Waals surface area contributed by atoms with Crippen LogP contribution < -0.4 is 4.74 Å². The van der Waals surface area contributed by atoms with E-state index in [1.54, 1.807) is 12.1 Å². The van der Waals surface area contributed by atoms with Crippen LogP contribution in [-0.2, 0) is 4.74 Å². The molecule has 0 fully saturated rings. The number of carbonyl (C=O) groups excluding carboxylic acids is 1. The molecule has 0 unspecified atom stereocenters. The van der Waals surface area contributed by atoms with Gasteiger partial charge in [0.25, 0.3) is 0 Å². The van der Waals surface area contributed by atoms with Crippen molar-refractivity contribution in [2.24, 2.45) is 0 Å². The van der Waals surface area contributed by atoms with Gasteiger partial charge in [0.15, 0.2) is 0 Å². The molecule has 0 saturated heterocycles. The maximum Gasteiger partial charge on any atom is 0.573 e. The van der Waals surface area contributed by atoms with E-state index in [0.717, 1.165) is 5.56 Å². The Kier molecular flexibility index (Phi) is 4.40. The molecule has 2 rings (SSSR count). The van der Waals surface area contributed by atoms with Gasteiger partial charge in [0, 0.05) is 0 Å². The number of methoxy groups -OCH3 is 1. The molecule has 0 amide bonds. The van der Waals surface area contributed by atoms with Crippen LogP contribution in [0.3, 0.4) is 0 Å². The number of hydrogen-bond acceptors (Lipinski definition) is 3. The van der Waals surface area contributed by atoms with Gasteiger partial charge in [-0.05, 0) is 41.8 Å². The van der Waals surface area contributed by atoms with E-state index in [9.17, 15) is 18.0 Å². The number of benzene rings is 2. The molecule has 3 nitrogen and oxygen atoms in total. The zero-order valence-electron chi connectivity index (χ0n) is 11.9. The standard InChI is InChI=1S/C16H13F3O3/c1-10-4-3-5-13(15(20)21-2)14(10)11-6-8-12(9-7-11)22-16(17,18)19/h3-9H,1-2H3. The highest BCUT2D eigenvalue weighted by Gasteiger charge is 2.31. The quantitative estimate of drug-likeness (QED) is 0.791. The van der Waals surface area contributed by atoms with Crippen LogP contribution in [0, 0.1) is 6.92 Å². The Morgan fingerprint density at radius 1 is 1.05 bits per heavy atom. The van der Waals surface area contributed by atoms with Crippen LogP contribution in [0.4, 0.5) is 13.2 Å². The van der Waals surface area contributed by atoms with E-state index in [2.05, 4.69) is 4.74 Å². The lowest BCUT2D eigenvalue weighted by atomic mass is 9.95. The molecule has 0 spiro atoms. The molecule has 0 aliphatic carbocycles. The number of esters is 1. The first-order chi connectivity index (χ1) is 10.3. The summed E-state index contributed by atoms with van der Waals surface area (Å²) in [6.45, 7) is 1.81. The molecule has 0 aromatic heterocycles. The van der Waals surface area contributed by atoms with Gasteiger partial charge in [-0.2, -0.15) is 0 Å². The Morgan fingerprint density at radius 2 is 1.68 bits per heavy atom. The van der Waals surface area contributed by atoms with E-state index >= 15 is 0 Å². The molecule has 22 heavy (non-hydrogen) atoms. The van der Waals surface area contributed by atoms with Crippen LogP contribution in [0.5, 0.6) is 5.75 Å². The van der Waals surface area contributed by atoms with Crippen molar-refractivity contribution in [3.05, 3.63) is 53.6 Å². The van der Waals surface area contributed by atoms with Gasteiger partial charge in [-0.3, -0.25) is 0 Å². The van der Waals surface area contributed by atoms with Crippen molar-refractivity contribution in [1.29, 1.82) is 0 Å². The van der Waals surface area contributed by atoms with Crippen LogP contribution in [0.15, 0.2) is 42.5 Å². The first kappa shape index (κ1) is 15.9. The van der Waals surface area contributed by atoms with Gasteiger partial charge in [-0.15, -0.1) is 13.2 Å². The largest absolute Gasteiger partial charge is 0.573 e. The maximum absolute atomic E-state index is 12.2. The topological polar surface area (TPSA) is 35.5 Å². The molecule has 0 heterocycles. The minimum Gasteiger partial charge on any atom is -0.465 e. The summed E-state index contributed by atoms with van der Waals surface area (Å²) in [5, 5.41) is 0. The summed E-state index contributed by atoms with van der Waals surface area (Å²) in [4.78, 5) is 11.8. The third-order valence-corrected chi connectivity index (χ3v) is 3.05. The number of rotatable bonds is 3. The molecule has 2 aromatic rings. The molecular weight excluding hydrogens is 297 g/mol. The predicted molar refractivity (Wildman–Crippen MR) is 74.6 cm³/mol. The first-order valence-electron chi connectivity index (χ1n) is 6.36. The number of alkyl halides is 3. The summed E-state index contributed by atoms with van der Waals surface area (Å²) < 4.78 is 45.0. The van der Waals surface area contributed by atoms with Gasteiger partial charge in [0.1, 0.15) is 5.75 Å². The van der Waals surface area contributed by atoms with Crippen molar-refractivity contribution >= 4 is 5.97 Å². The van der Waals surface area contributed by atoms with Crippen molar-refractivity contribution in [2.45, 2.75) is 13.3 Å². The lowest BCUT2D eigenvalue weighted by Crippen LogP contribution is -2.17. The van der Waals surface area contributed by atoms with Crippen LogP contribution in [0.1, 0.15) is 15.9 Å². The molecule has 6 heteroatoms. The van der Waals surface area contributed by atoms with E-state index in [1.807, 2.05) is 13.0 Å². The first-order valence-corrected chi connectivity index (χ1v) is 6.36. The van der Waals surface area contributed by atoms with Gasteiger partial charge in [0.05, 0.1) is 12.7 Å². The average Bonchev–Trinajstić information content (AvgIpc) is 2.45. The van der Waals surface area contributed by atoms with E-state index in [1.165, 1.54) is 31.4 Å². The maximum atomic E-state index is 12.2. The summed E-state index contributed by atoms with van der Waals surface area (Å²) in [7, 11) is 1.27. The zero-order chi connectivity index (χ0) is 16.3. The fourth-order valence-electron chi connectivity index (χ4n) is 2.15. The Bertz CT molecular complexity index is 676. The molecule has 0 bridgehead atoms. The molecule has 0 radical (unpaired) electrons. The molecule has 116 valence electrons. The van der Waals surface area contributed by atoms with Crippen LogP contribution in [0.2, 0.25) is 0 Å². The number of aryl methyl sites for hydroxylation is 1. The fourth-order valence-corrected chi connectivity index (χ4v) is 2.15. The smallest absolute Gasteiger partial charge is 0.465 e. The van der Waals surface area contributed by atoms with Gasteiger partial charge < -0.3 is 9.47 Å². The molecule has 0 N–H and O–H groups in total. The van der Waals surface area contributed by atoms with Crippen LogP contribution >= 0.6 is 0 Å². The molecule has 0 atom stereocenters. The van der Waals surface area contributed by atoms with E-state index in [-0.39, 0.29) is 5.75 Å². The number of ether oxygens (including phenoxy) is 2. The third-order valence-electron chi connectivity index (χ3n) is 3.05. The monoisotopic (exact) mass is 310 g/mol. The van der Waals surface area contributed by atoms with Crippen molar-refractivity contribution in [1.82, 2.24) is 0 Å². The highest BCUT2D eigenvalue weighted by Crippen LogP contribution is 2.31. The van der Waals surface area contributed by atoms with Crippen molar-refractivity contribution in [3.8, 4) is 16.9 Å². The van der Waals surface area contributed by atoms with Gasteiger partial charge >= 0.3 is 12.3 Å². The average molecular weight is 310 g/mol. The minimum atomic E-state index is -4.73. The van der Waals surface area contributed by atoms with Crippen molar-refractivity contribution in [3.63, 3.8) is 0 Å². The minimum absolute atomic E-state index is 0.315. The Morgan fingerprint density at radius 3 is 2.23 bits per heavy atom. The van der Waals surface area contributed by atoms with E-state index < -0.39 is 12.3 Å². The normalized spacial score (nSPS) is 11.1. The molecule has 2 aromatic carbocycles. The van der Waals surface area contributed by atoms with Crippen LogP contribution in [-0.4, -0.2) is 19.4 Å². The Balaban J connectivity index is 2.42. The second kappa shape index (κ2) is 6.09. The van der Waals surface area contributed by atoms with E-state index in [0.29, 0.717) is 16.7 Å². The van der Waals surface area contributed by atoms with Crippen LogP contribution in [0.25, 0.3) is 11.1 Å². The third kappa shape index (κ3) is 3.58. The Labute approximate surface area is 125 Å². The molecular formula is C16H13F3O3.